The van der Waals surface area contributed by atoms with Crippen molar-refractivity contribution >= 4 is 44.1 Å². The number of rotatable bonds is 8. The van der Waals surface area contributed by atoms with Crippen LogP contribution in [-0.4, -0.2) is 37.9 Å². The molecule has 0 fully saturated rings. The van der Waals surface area contributed by atoms with E-state index in [2.05, 4.69) is 5.10 Å². The van der Waals surface area contributed by atoms with E-state index >= 15 is 0 Å². The van der Waals surface area contributed by atoms with Crippen LogP contribution in [0.5, 0.6) is 17.4 Å². The minimum atomic E-state index is -3.95. The third kappa shape index (κ3) is 4.73. The first-order valence-corrected chi connectivity index (χ1v) is 12.1. The fourth-order valence-corrected chi connectivity index (χ4v) is 5.13. The molecule has 4 aromatic rings. The molecule has 0 spiro atoms. The van der Waals surface area contributed by atoms with Crippen LogP contribution in [0.3, 0.4) is 0 Å². The van der Waals surface area contributed by atoms with E-state index in [1.54, 1.807) is 48.5 Å². The molecule has 33 heavy (non-hydrogen) atoms. The maximum absolute atomic E-state index is 13.3. The predicted octanol–water partition coefficient (Wildman–Crippen LogP) is 5.35. The molecule has 0 amide bonds. The maximum atomic E-state index is 13.3. The third-order valence-electron chi connectivity index (χ3n) is 4.82. The van der Waals surface area contributed by atoms with Gasteiger partial charge in [0.05, 0.1) is 33.0 Å². The standard InChI is InChI=1S/C23H20Cl2N2O5S/c1-15-5-3-6-17(13-15)33(28,29)27-21-10-9-16(30-2)14-18(21)23(26-27)32-12-11-31-22-19(24)7-4-8-20(22)25/h3-10,13-14H,11-12H2,1-2H3. The molecule has 0 unspecified atom stereocenters. The van der Waals surface area contributed by atoms with E-state index in [1.165, 1.54) is 13.2 Å². The monoisotopic (exact) mass is 506 g/mol. The Morgan fingerprint density at radius 1 is 0.939 bits per heavy atom. The van der Waals surface area contributed by atoms with Crippen molar-refractivity contribution in [1.82, 2.24) is 9.19 Å². The van der Waals surface area contributed by atoms with Crippen molar-refractivity contribution in [2.24, 2.45) is 0 Å². The number of hydrogen-bond acceptors (Lipinski definition) is 6. The summed E-state index contributed by atoms with van der Waals surface area (Å²) < 4.78 is 44.3. The van der Waals surface area contributed by atoms with Crippen LogP contribution in [-0.2, 0) is 10.0 Å². The van der Waals surface area contributed by atoms with Crippen LogP contribution in [0.1, 0.15) is 5.56 Å². The second kappa shape index (κ2) is 9.51. The SMILES string of the molecule is COc1ccc2c(c1)c(OCCOc1c(Cl)cccc1Cl)nn2S(=O)(=O)c1cccc(C)c1. The highest BCUT2D eigenvalue weighted by atomic mass is 35.5. The highest BCUT2D eigenvalue weighted by Gasteiger charge is 2.24. The first kappa shape index (κ1) is 23.2. The Morgan fingerprint density at radius 2 is 1.64 bits per heavy atom. The molecule has 0 aliphatic rings. The van der Waals surface area contributed by atoms with E-state index in [0.717, 1.165) is 9.65 Å². The lowest BCUT2D eigenvalue weighted by atomic mass is 10.2. The van der Waals surface area contributed by atoms with E-state index < -0.39 is 10.0 Å². The molecule has 1 heterocycles. The average Bonchev–Trinajstić information content (AvgIpc) is 3.17. The summed E-state index contributed by atoms with van der Waals surface area (Å²) in [6.07, 6.45) is 0. The topological polar surface area (TPSA) is 79.7 Å². The zero-order chi connectivity index (χ0) is 23.6. The molecule has 4 rings (SSSR count). The highest BCUT2D eigenvalue weighted by molar-refractivity contribution is 7.90. The van der Waals surface area contributed by atoms with Crippen LogP contribution in [0.4, 0.5) is 0 Å². The van der Waals surface area contributed by atoms with Crippen LogP contribution < -0.4 is 14.2 Å². The molecule has 0 bridgehead atoms. The molecule has 7 nitrogen and oxygen atoms in total. The number of halogens is 2. The first-order chi connectivity index (χ1) is 15.8. The van der Waals surface area contributed by atoms with E-state index in [9.17, 15) is 8.42 Å². The molecule has 0 radical (unpaired) electrons. The number of aryl methyl sites for hydroxylation is 1. The van der Waals surface area contributed by atoms with E-state index in [4.69, 9.17) is 37.4 Å². The smallest absolute Gasteiger partial charge is 0.283 e. The fraction of sp³-hybridized carbons (Fsp3) is 0.174. The van der Waals surface area contributed by atoms with Crippen LogP contribution in [0.15, 0.2) is 65.6 Å². The van der Waals surface area contributed by atoms with Crippen LogP contribution in [0, 0.1) is 6.92 Å². The van der Waals surface area contributed by atoms with Crippen molar-refractivity contribution in [1.29, 1.82) is 0 Å². The quantitative estimate of drug-likeness (QED) is 0.299. The predicted molar refractivity (Wildman–Crippen MR) is 127 cm³/mol. The second-order valence-corrected chi connectivity index (χ2v) is 9.68. The molecule has 0 N–H and O–H groups in total. The summed E-state index contributed by atoms with van der Waals surface area (Å²) in [6, 6.07) is 16.6. The van der Waals surface area contributed by atoms with Gasteiger partial charge in [0.1, 0.15) is 19.0 Å². The molecule has 0 saturated heterocycles. The van der Waals surface area contributed by atoms with E-state index in [0.29, 0.717) is 32.4 Å². The summed E-state index contributed by atoms with van der Waals surface area (Å²) in [7, 11) is -2.43. The molecule has 0 atom stereocenters. The molecule has 0 aliphatic heterocycles. The Kier molecular flexibility index (Phi) is 6.69. The van der Waals surface area contributed by atoms with Crippen molar-refractivity contribution in [2.75, 3.05) is 20.3 Å². The Labute approximate surface area is 201 Å². The number of ether oxygens (including phenoxy) is 3. The molecule has 0 saturated carbocycles. The van der Waals surface area contributed by atoms with Gasteiger partial charge in [-0.05, 0) is 55.0 Å². The summed E-state index contributed by atoms with van der Waals surface area (Å²) in [6.45, 7) is 2.02. The van der Waals surface area contributed by atoms with Crippen molar-refractivity contribution < 1.29 is 22.6 Å². The Morgan fingerprint density at radius 3 is 2.33 bits per heavy atom. The van der Waals surface area contributed by atoms with Gasteiger partial charge in [-0.1, -0.05) is 41.4 Å². The minimum absolute atomic E-state index is 0.0787. The summed E-state index contributed by atoms with van der Waals surface area (Å²) in [5.74, 6) is 1.02. The number of benzene rings is 3. The summed E-state index contributed by atoms with van der Waals surface area (Å²) >= 11 is 12.2. The number of fused-ring (bicyclic) bond motifs is 1. The lowest BCUT2D eigenvalue weighted by Crippen LogP contribution is -2.15. The lowest BCUT2D eigenvalue weighted by Gasteiger charge is -2.10. The van der Waals surface area contributed by atoms with Gasteiger partial charge in [-0.2, -0.15) is 8.42 Å². The van der Waals surface area contributed by atoms with E-state index in [1.807, 2.05) is 13.0 Å². The van der Waals surface area contributed by atoms with Crippen molar-refractivity contribution in [3.8, 4) is 17.4 Å². The number of nitrogens with zero attached hydrogens (tertiary/aromatic N) is 2. The van der Waals surface area contributed by atoms with Crippen molar-refractivity contribution in [3.63, 3.8) is 0 Å². The summed E-state index contributed by atoms with van der Waals surface area (Å²) in [5, 5.41) is 5.51. The number of methoxy groups -OCH3 is 1. The van der Waals surface area contributed by atoms with Crippen LogP contribution in [0.25, 0.3) is 10.9 Å². The second-order valence-electron chi connectivity index (χ2n) is 7.10. The largest absolute Gasteiger partial charge is 0.497 e. The van der Waals surface area contributed by atoms with Gasteiger partial charge >= 0.3 is 0 Å². The molecular formula is C23H20Cl2N2O5S. The zero-order valence-corrected chi connectivity index (χ0v) is 20.1. The van der Waals surface area contributed by atoms with Crippen LogP contribution in [0.2, 0.25) is 10.0 Å². The zero-order valence-electron chi connectivity index (χ0n) is 17.8. The fourth-order valence-electron chi connectivity index (χ4n) is 3.24. The number of para-hydroxylation sites is 1. The average molecular weight is 507 g/mol. The molecule has 3 aromatic carbocycles. The molecule has 1 aromatic heterocycles. The van der Waals surface area contributed by atoms with E-state index in [-0.39, 0.29) is 24.0 Å². The highest BCUT2D eigenvalue weighted by Crippen LogP contribution is 2.33. The Bertz CT molecular complexity index is 1400. The maximum Gasteiger partial charge on any atom is 0.283 e. The molecular weight excluding hydrogens is 487 g/mol. The van der Waals surface area contributed by atoms with Gasteiger partial charge in [-0.3, -0.25) is 0 Å². The van der Waals surface area contributed by atoms with Crippen molar-refractivity contribution in [3.05, 3.63) is 76.3 Å². The first-order valence-electron chi connectivity index (χ1n) is 9.90. The van der Waals surface area contributed by atoms with Gasteiger partial charge in [0.2, 0.25) is 5.88 Å². The number of hydrogen-bond donors (Lipinski definition) is 0. The molecule has 172 valence electrons. The van der Waals surface area contributed by atoms with Gasteiger partial charge in [0, 0.05) is 0 Å². The molecule has 10 heteroatoms. The normalized spacial score (nSPS) is 11.5. The lowest BCUT2D eigenvalue weighted by molar-refractivity contribution is 0.213. The Hall–Kier alpha value is -2.94. The Balaban J connectivity index is 1.64. The van der Waals surface area contributed by atoms with Gasteiger partial charge in [-0.15, -0.1) is 9.19 Å². The third-order valence-corrected chi connectivity index (χ3v) is 7.00. The van der Waals surface area contributed by atoms with Gasteiger partial charge in [0.15, 0.2) is 5.75 Å². The van der Waals surface area contributed by atoms with Gasteiger partial charge < -0.3 is 14.2 Å². The van der Waals surface area contributed by atoms with Gasteiger partial charge in [-0.25, -0.2) is 0 Å². The van der Waals surface area contributed by atoms with Crippen LogP contribution >= 0.6 is 23.2 Å². The summed E-state index contributed by atoms with van der Waals surface area (Å²) in [5.41, 5.74) is 1.18. The van der Waals surface area contributed by atoms with Crippen molar-refractivity contribution in [2.45, 2.75) is 11.8 Å². The minimum Gasteiger partial charge on any atom is -0.497 e. The molecule has 0 aliphatic carbocycles. The van der Waals surface area contributed by atoms with Gasteiger partial charge in [0.25, 0.3) is 10.0 Å². The number of aromatic nitrogens is 2. The summed E-state index contributed by atoms with van der Waals surface area (Å²) in [4.78, 5) is 0.131.